The van der Waals surface area contributed by atoms with Crippen molar-refractivity contribution in [2.24, 2.45) is 5.92 Å². The van der Waals surface area contributed by atoms with E-state index in [-0.39, 0.29) is 19.0 Å². The summed E-state index contributed by atoms with van der Waals surface area (Å²) in [5.41, 5.74) is 1.36. The van der Waals surface area contributed by atoms with Gasteiger partial charge < -0.3 is 14.5 Å². The van der Waals surface area contributed by atoms with Gasteiger partial charge in [0.25, 0.3) is 0 Å². The minimum Gasteiger partial charge on any atom is -0.481 e. The summed E-state index contributed by atoms with van der Waals surface area (Å²) in [5, 5.41) is 13.3. The Hall–Kier alpha value is -2.63. The Morgan fingerprint density at radius 2 is 2.14 bits per heavy atom. The lowest BCUT2D eigenvalue weighted by Crippen LogP contribution is -2.26. The minimum absolute atomic E-state index is 0.180. The van der Waals surface area contributed by atoms with Crippen molar-refractivity contribution in [1.82, 2.24) is 10.1 Å². The number of rotatable bonds is 4. The molecule has 0 radical (unpaired) electrons. The first-order valence-corrected chi connectivity index (χ1v) is 7.05. The Labute approximate surface area is 127 Å². The van der Waals surface area contributed by atoms with Gasteiger partial charge in [0.2, 0.25) is 5.91 Å². The summed E-state index contributed by atoms with van der Waals surface area (Å²) < 4.78 is 4.99. The van der Waals surface area contributed by atoms with Crippen LogP contribution in [-0.2, 0) is 16.1 Å². The maximum Gasteiger partial charge on any atom is 0.309 e. The normalized spacial score (nSPS) is 21.3. The number of nitrogens with zero attached hydrogens (tertiary/aromatic N) is 2. The van der Waals surface area contributed by atoms with Crippen molar-refractivity contribution in [3.05, 3.63) is 53.4 Å². The molecule has 2 aromatic rings. The standard InChI is InChI=1S/C16H16N2O4/c1-10-7-12(17-22-10)8-18-9-13(16(20)21)14(15(18)19)11-5-3-2-4-6-11/h2-7,13-14H,8-9H2,1H3,(H,20,21)/t13-,14+/m0/s1. The second-order valence-corrected chi connectivity index (χ2v) is 5.48. The molecule has 0 bridgehead atoms. The van der Waals surface area contributed by atoms with Crippen LogP contribution in [0.15, 0.2) is 40.9 Å². The van der Waals surface area contributed by atoms with Crippen LogP contribution in [0.1, 0.15) is 22.9 Å². The van der Waals surface area contributed by atoms with Gasteiger partial charge in [0.1, 0.15) is 11.5 Å². The summed E-state index contributed by atoms with van der Waals surface area (Å²) in [6.45, 7) is 2.22. The molecule has 114 valence electrons. The summed E-state index contributed by atoms with van der Waals surface area (Å²) in [6.07, 6.45) is 0. The van der Waals surface area contributed by atoms with Crippen LogP contribution >= 0.6 is 0 Å². The van der Waals surface area contributed by atoms with E-state index in [2.05, 4.69) is 5.16 Å². The van der Waals surface area contributed by atoms with Gasteiger partial charge in [0.05, 0.1) is 18.4 Å². The highest BCUT2D eigenvalue weighted by Gasteiger charge is 2.45. The van der Waals surface area contributed by atoms with Crippen LogP contribution in [0.3, 0.4) is 0 Å². The third-order valence-corrected chi connectivity index (χ3v) is 3.90. The first kappa shape index (κ1) is 14.3. The highest BCUT2D eigenvalue weighted by atomic mass is 16.5. The van der Waals surface area contributed by atoms with Crippen LogP contribution in [0.5, 0.6) is 0 Å². The van der Waals surface area contributed by atoms with Crippen LogP contribution in [0.4, 0.5) is 0 Å². The Balaban J connectivity index is 1.86. The highest BCUT2D eigenvalue weighted by Crippen LogP contribution is 2.34. The summed E-state index contributed by atoms with van der Waals surface area (Å²) in [6, 6.07) is 10.8. The molecule has 6 heteroatoms. The number of hydrogen-bond donors (Lipinski definition) is 1. The van der Waals surface area contributed by atoms with Gasteiger partial charge in [0, 0.05) is 12.6 Å². The summed E-state index contributed by atoms with van der Waals surface area (Å²) in [7, 11) is 0. The molecule has 2 heterocycles. The molecule has 6 nitrogen and oxygen atoms in total. The fourth-order valence-corrected chi connectivity index (χ4v) is 2.89. The average Bonchev–Trinajstić information content (AvgIpc) is 3.05. The van der Waals surface area contributed by atoms with Gasteiger partial charge in [-0.05, 0) is 12.5 Å². The molecule has 1 fully saturated rings. The van der Waals surface area contributed by atoms with Gasteiger partial charge in [-0.25, -0.2) is 0 Å². The topological polar surface area (TPSA) is 83.6 Å². The van der Waals surface area contributed by atoms with Gasteiger partial charge in [-0.2, -0.15) is 0 Å². The lowest BCUT2D eigenvalue weighted by molar-refractivity contribution is -0.142. The molecule has 2 atom stereocenters. The van der Waals surface area contributed by atoms with Gasteiger partial charge in [-0.3, -0.25) is 9.59 Å². The largest absolute Gasteiger partial charge is 0.481 e. The van der Waals surface area contributed by atoms with Crippen molar-refractivity contribution in [2.45, 2.75) is 19.4 Å². The molecule has 3 rings (SSSR count). The van der Waals surface area contributed by atoms with Gasteiger partial charge in [0.15, 0.2) is 0 Å². The van der Waals surface area contributed by atoms with Crippen molar-refractivity contribution >= 4 is 11.9 Å². The molecule has 1 saturated heterocycles. The second-order valence-electron chi connectivity index (χ2n) is 5.48. The quantitative estimate of drug-likeness (QED) is 0.931. The van der Waals surface area contributed by atoms with Crippen LogP contribution in [0.25, 0.3) is 0 Å². The molecule has 1 amide bonds. The molecule has 1 aliphatic heterocycles. The third-order valence-electron chi connectivity index (χ3n) is 3.90. The van der Waals surface area contributed by atoms with Gasteiger partial charge >= 0.3 is 5.97 Å². The maximum absolute atomic E-state index is 12.6. The van der Waals surface area contributed by atoms with Crippen LogP contribution in [-0.4, -0.2) is 33.6 Å². The number of aliphatic carboxylic acids is 1. The average molecular weight is 300 g/mol. The molecule has 1 aliphatic rings. The predicted molar refractivity (Wildman–Crippen MR) is 77.0 cm³/mol. The van der Waals surface area contributed by atoms with E-state index in [4.69, 9.17) is 4.52 Å². The van der Waals surface area contributed by atoms with E-state index < -0.39 is 17.8 Å². The number of carbonyl (C=O) groups excluding carboxylic acids is 1. The van der Waals surface area contributed by atoms with Gasteiger partial charge in [-0.15, -0.1) is 0 Å². The van der Waals surface area contributed by atoms with E-state index >= 15 is 0 Å². The number of benzene rings is 1. The van der Waals surface area contributed by atoms with E-state index in [1.807, 2.05) is 18.2 Å². The van der Waals surface area contributed by atoms with Crippen molar-refractivity contribution < 1.29 is 19.2 Å². The molecule has 0 aliphatic carbocycles. The lowest BCUT2D eigenvalue weighted by atomic mass is 9.88. The maximum atomic E-state index is 12.6. The SMILES string of the molecule is Cc1cc(CN2C[C@H](C(=O)O)[C@@H](c3ccccc3)C2=O)no1. The fraction of sp³-hybridized carbons (Fsp3) is 0.312. The molecule has 0 spiro atoms. The number of carboxylic acids is 1. The molecule has 0 unspecified atom stereocenters. The molecule has 22 heavy (non-hydrogen) atoms. The first-order valence-electron chi connectivity index (χ1n) is 7.05. The number of aromatic nitrogens is 1. The molecule has 1 aromatic heterocycles. The fourth-order valence-electron chi connectivity index (χ4n) is 2.89. The van der Waals surface area contributed by atoms with Crippen LogP contribution in [0.2, 0.25) is 0 Å². The number of likely N-dealkylation sites (tertiary alicyclic amines) is 1. The highest BCUT2D eigenvalue weighted by molar-refractivity contribution is 5.92. The Morgan fingerprint density at radius 1 is 1.41 bits per heavy atom. The van der Waals surface area contributed by atoms with E-state index in [0.717, 1.165) is 5.56 Å². The number of aryl methyl sites for hydroxylation is 1. The summed E-state index contributed by atoms with van der Waals surface area (Å²) >= 11 is 0. The minimum atomic E-state index is -0.957. The first-order chi connectivity index (χ1) is 10.6. The third kappa shape index (κ3) is 2.59. The zero-order chi connectivity index (χ0) is 15.7. The van der Waals surface area contributed by atoms with Gasteiger partial charge in [-0.1, -0.05) is 35.5 Å². The van der Waals surface area contributed by atoms with Crippen LogP contribution < -0.4 is 0 Å². The summed E-state index contributed by atoms with van der Waals surface area (Å²) in [4.78, 5) is 25.7. The van der Waals surface area contributed by atoms with E-state index in [1.165, 1.54) is 4.90 Å². The van der Waals surface area contributed by atoms with Crippen molar-refractivity contribution in [3.63, 3.8) is 0 Å². The van der Waals surface area contributed by atoms with Crippen molar-refractivity contribution in [2.75, 3.05) is 6.54 Å². The molecular formula is C16H16N2O4. The monoisotopic (exact) mass is 300 g/mol. The molecular weight excluding hydrogens is 284 g/mol. The zero-order valence-corrected chi connectivity index (χ0v) is 12.1. The second kappa shape index (κ2) is 5.63. The Kier molecular flexibility index (Phi) is 3.66. The number of hydrogen-bond acceptors (Lipinski definition) is 4. The lowest BCUT2D eigenvalue weighted by Gasteiger charge is -2.14. The predicted octanol–water partition coefficient (Wildman–Crippen LogP) is 1.81. The number of carbonyl (C=O) groups is 2. The zero-order valence-electron chi connectivity index (χ0n) is 12.1. The number of amides is 1. The van der Waals surface area contributed by atoms with Crippen molar-refractivity contribution in [1.29, 1.82) is 0 Å². The van der Waals surface area contributed by atoms with E-state index in [0.29, 0.717) is 11.5 Å². The number of carboxylic acid groups (broad SMARTS) is 1. The Morgan fingerprint density at radius 3 is 2.73 bits per heavy atom. The van der Waals surface area contributed by atoms with Crippen molar-refractivity contribution in [3.8, 4) is 0 Å². The molecule has 0 saturated carbocycles. The summed E-state index contributed by atoms with van der Waals surface area (Å²) in [5.74, 6) is -1.87. The van der Waals surface area contributed by atoms with E-state index in [9.17, 15) is 14.7 Å². The van der Waals surface area contributed by atoms with Crippen LogP contribution in [0, 0.1) is 12.8 Å². The van der Waals surface area contributed by atoms with E-state index in [1.54, 1.807) is 25.1 Å². The molecule has 1 N–H and O–H groups in total. The Bertz CT molecular complexity index is 695. The molecule has 1 aromatic carbocycles. The smallest absolute Gasteiger partial charge is 0.309 e.